The molecule has 3 rings (SSSR count). The first kappa shape index (κ1) is 15.4. The molecule has 0 saturated heterocycles. The predicted molar refractivity (Wildman–Crippen MR) is 88.4 cm³/mol. The van der Waals surface area contributed by atoms with Gasteiger partial charge in [0.2, 0.25) is 0 Å². The number of hydrogen-bond donors (Lipinski definition) is 0. The molecular weight excluding hydrogens is 304 g/mol. The fourth-order valence-electron chi connectivity index (χ4n) is 2.35. The van der Waals surface area contributed by atoms with Crippen molar-refractivity contribution < 1.29 is 9.53 Å². The monoisotopic (exact) mass is 318 g/mol. The van der Waals surface area contributed by atoms with Crippen molar-refractivity contribution in [2.45, 2.75) is 6.54 Å². The molecule has 1 aromatic heterocycles. The van der Waals surface area contributed by atoms with Crippen molar-refractivity contribution in [2.24, 2.45) is 0 Å². The SMILES string of the molecule is COc1ccc(-c2nc(-c3cccc(C=O)c3)nn2CC#N)cc1. The van der Waals surface area contributed by atoms with Crippen molar-refractivity contribution in [3.8, 4) is 34.6 Å². The fraction of sp³-hybridized carbons (Fsp3) is 0.111. The highest BCUT2D eigenvalue weighted by atomic mass is 16.5. The van der Waals surface area contributed by atoms with Crippen LogP contribution in [0.1, 0.15) is 10.4 Å². The number of aldehydes is 1. The van der Waals surface area contributed by atoms with Gasteiger partial charge < -0.3 is 4.74 Å². The van der Waals surface area contributed by atoms with Gasteiger partial charge in [0.15, 0.2) is 11.6 Å². The standard InChI is InChI=1S/C18H14N4O2/c1-24-16-7-5-14(6-8-16)18-20-17(21-22(18)10-9-19)15-4-2-3-13(11-15)12-23/h2-8,11-12H,10H2,1H3. The van der Waals surface area contributed by atoms with E-state index in [-0.39, 0.29) is 6.54 Å². The van der Waals surface area contributed by atoms with Crippen molar-refractivity contribution >= 4 is 6.29 Å². The van der Waals surface area contributed by atoms with Crippen molar-refractivity contribution in [3.63, 3.8) is 0 Å². The minimum absolute atomic E-state index is 0.0851. The van der Waals surface area contributed by atoms with E-state index in [1.807, 2.05) is 30.3 Å². The molecule has 6 nitrogen and oxygen atoms in total. The number of carbonyl (C=O) groups is 1. The normalized spacial score (nSPS) is 10.2. The van der Waals surface area contributed by atoms with Gasteiger partial charge in [-0.3, -0.25) is 4.79 Å². The fourth-order valence-corrected chi connectivity index (χ4v) is 2.35. The van der Waals surface area contributed by atoms with Gasteiger partial charge in [0.25, 0.3) is 0 Å². The summed E-state index contributed by atoms with van der Waals surface area (Å²) < 4.78 is 6.70. The Hall–Kier alpha value is -3.46. The molecule has 0 radical (unpaired) electrons. The van der Waals surface area contributed by atoms with E-state index >= 15 is 0 Å². The summed E-state index contributed by atoms with van der Waals surface area (Å²) in [6.07, 6.45) is 0.778. The van der Waals surface area contributed by atoms with Gasteiger partial charge in [0, 0.05) is 16.7 Å². The second-order valence-electron chi connectivity index (χ2n) is 5.05. The van der Waals surface area contributed by atoms with Gasteiger partial charge in [-0.2, -0.15) is 5.26 Å². The van der Waals surface area contributed by atoms with E-state index in [1.54, 1.807) is 30.0 Å². The highest BCUT2D eigenvalue weighted by Crippen LogP contribution is 2.24. The van der Waals surface area contributed by atoms with Crippen LogP contribution in [-0.4, -0.2) is 28.2 Å². The average Bonchev–Trinajstić information content (AvgIpc) is 3.06. The van der Waals surface area contributed by atoms with Gasteiger partial charge in [0.05, 0.1) is 13.2 Å². The van der Waals surface area contributed by atoms with Crippen LogP contribution in [0.2, 0.25) is 0 Å². The highest BCUT2D eigenvalue weighted by molar-refractivity contribution is 5.77. The van der Waals surface area contributed by atoms with Crippen LogP contribution in [0.5, 0.6) is 5.75 Å². The Morgan fingerprint density at radius 1 is 1.21 bits per heavy atom. The topological polar surface area (TPSA) is 80.8 Å². The number of aromatic nitrogens is 3. The van der Waals surface area contributed by atoms with Gasteiger partial charge in [-0.25, -0.2) is 9.67 Å². The summed E-state index contributed by atoms with van der Waals surface area (Å²) in [4.78, 5) is 15.5. The quantitative estimate of drug-likeness (QED) is 0.676. The number of nitrogens with zero attached hydrogens (tertiary/aromatic N) is 4. The van der Waals surface area contributed by atoms with E-state index in [2.05, 4.69) is 16.2 Å². The number of ether oxygens (including phenoxy) is 1. The lowest BCUT2D eigenvalue weighted by Gasteiger charge is -2.03. The number of carbonyl (C=O) groups excluding carboxylic acids is 1. The molecular formula is C18H14N4O2. The van der Waals surface area contributed by atoms with Crippen LogP contribution >= 0.6 is 0 Å². The van der Waals surface area contributed by atoms with Crippen molar-refractivity contribution in [1.29, 1.82) is 5.26 Å². The summed E-state index contributed by atoms with van der Waals surface area (Å²) in [6.45, 7) is 0.0851. The summed E-state index contributed by atoms with van der Waals surface area (Å²) in [7, 11) is 1.60. The van der Waals surface area contributed by atoms with Crippen molar-refractivity contribution in [1.82, 2.24) is 14.8 Å². The maximum Gasteiger partial charge on any atom is 0.181 e. The molecule has 2 aromatic carbocycles. The largest absolute Gasteiger partial charge is 0.497 e. The Morgan fingerprint density at radius 3 is 2.67 bits per heavy atom. The summed E-state index contributed by atoms with van der Waals surface area (Å²) >= 11 is 0. The molecule has 1 heterocycles. The molecule has 6 heteroatoms. The lowest BCUT2D eigenvalue weighted by Crippen LogP contribution is -2.01. The molecule has 0 saturated carbocycles. The Kier molecular flexibility index (Phi) is 4.34. The Bertz CT molecular complexity index is 908. The number of nitriles is 1. The number of rotatable bonds is 5. The maximum atomic E-state index is 10.9. The van der Waals surface area contributed by atoms with Crippen LogP contribution in [0.4, 0.5) is 0 Å². The summed E-state index contributed by atoms with van der Waals surface area (Å²) in [5, 5.41) is 13.4. The molecule has 0 fully saturated rings. The summed E-state index contributed by atoms with van der Waals surface area (Å²) in [5.41, 5.74) is 2.11. The third-order valence-corrected chi connectivity index (χ3v) is 3.52. The first-order valence-corrected chi connectivity index (χ1v) is 7.27. The first-order chi connectivity index (χ1) is 11.7. The zero-order chi connectivity index (χ0) is 16.9. The third kappa shape index (κ3) is 3.01. The zero-order valence-electron chi connectivity index (χ0n) is 13.0. The molecule has 3 aromatic rings. The molecule has 24 heavy (non-hydrogen) atoms. The van der Waals surface area contributed by atoms with Crippen LogP contribution in [-0.2, 0) is 6.54 Å². The smallest absolute Gasteiger partial charge is 0.181 e. The second-order valence-corrected chi connectivity index (χ2v) is 5.05. The van der Waals surface area contributed by atoms with E-state index in [9.17, 15) is 4.79 Å². The molecule has 0 N–H and O–H groups in total. The van der Waals surface area contributed by atoms with Crippen LogP contribution in [0.3, 0.4) is 0 Å². The van der Waals surface area contributed by atoms with Gasteiger partial charge in [-0.15, -0.1) is 5.10 Å². The van der Waals surface area contributed by atoms with E-state index in [1.165, 1.54) is 0 Å². The van der Waals surface area contributed by atoms with Crippen LogP contribution in [0, 0.1) is 11.3 Å². The maximum absolute atomic E-state index is 10.9. The minimum atomic E-state index is 0.0851. The molecule has 0 bridgehead atoms. The summed E-state index contributed by atoms with van der Waals surface area (Å²) in [5.74, 6) is 1.80. The lowest BCUT2D eigenvalue weighted by atomic mass is 10.1. The molecule has 0 atom stereocenters. The highest BCUT2D eigenvalue weighted by Gasteiger charge is 2.13. The molecule has 0 aliphatic heterocycles. The van der Waals surface area contributed by atoms with E-state index in [0.29, 0.717) is 17.2 Å². The zero-order valence-corrected chi connectivity index (χ0v) is 13.0. The van der Waals surface area contributed by atoms with Crippen molar-refractivity contribution in [2.75, 3.05) is 7.11 Å². The van der Waals surface area contributed by atoms with Gasteiger partial charge in [-0.05, 0) is 30.3 Å². The van der Waals surface area contributed by atoms with Gasteiger partial charge in [-0.1, -0.05) is 18.2 Å². The Balaban J connectivity index is 2.07. The van der Waals surface area contributed by atoms with Crippen LogP contribution in [0.15, 0.2) is 48.5 Å². The molecule has 0 aliphatic rings. The molecule has 0 amide bonds. The number of hydrogen-bond acceptors (Lipinski definition) is 5. The average molecular weight is 318 g/mol. The second kappa shape index (κ2) is 6.75. The predicted octanol–water partition coefficient (Wildman–Crippen LogP) is 2.96. The molecule has 0 aliphatic carbocycles. The molecule has 0 unspecified atom stereocenters. The lowest BCUT2D eigenvalue weighted by molar-refractivity contribution is 0.112. The van der Waals surface area contributed by atoms with E-state index in [0.717, 1.165) is 23.2 Å². The van der Waals surface area contributed by atoms with E-state index in [4.69, 9.17) is 10.00 Å². The summed E-state index contributed by atoms with van der Waals surface area (Å²) in [6, 6.07) is 16.5. The Morgan fingerprint density at radius 2 is 2.00 bits per heavy atom. The van der Waals surface area contributed by atoms with Gasteiger partial charge in [0.1, 0.15) is 18.6 Å². The molecule has 118 valence electrons. The Labute approximate surface area is 138 Å². The van der Waals surface area contributed by atoms with Crippen molar-refractivity contribution in [3.05, 3.63) is 54.1 Å². The van der Waals surface area contributed by atoms with Gasteiger partial charge >= 0.3 is 0 Å². The number of benzene rings is 2. The van der Waals surface area contributed by atoms with Crippen LogP contribution < -0.4 is 4.74 Å². The number of methoxy groups -OCH3 is 1. The minimum Gasteiger partial charge on any atom is -0.497 e. The third-order valence-electron chi connectivity index (χ3n) is 3.52. The van der Waals surface area contributed by atoms with E-state index < -0.39 is 0 Å². The van der Waals surface area contributed by atoms with Crippen LogP contribution in [0.25, 0.3) is 22.8 Å². The first-order valence-electron chi connectivity index (χ1n) is 7.27. The molecule has 0 spiro atoms.